The zero-order chi connectivity index (χ0) is 20.4. The van der Waals surface area contributed by atoms with E-state index in [-0.39, 0.29) is 24.4 Å². The Morgan fingerprint density at radius 3 is 2.79 bits per heavy atom. The van der Waals surface area contributed by atoms with Gasteiger partial charge in [-0.2, -0.15) is 5.10 Å². The summed E-state index contributed by atoms with van der Waals surface area (Å²) >= 11 is 7.48. The van der Waals surface area contributed by atoms with Crippen LogP contribution in [0.25, 0.3) is 11.3 Å². The van der Waals surface area contributed by atoms with Crippen LogP contribution in [0.4, 0.5) is 8.78 Å². The van der Waals surface area contributed by atoms with Gasteiger partial charge in [-0.25, -0.2) is 8.78 Å². The third-order valence-corrected chi connectivity index (χ3v) is 5.74. The smallest absolute Gasteiger partial charge is 0.261 e. The number of nitrogens with one attached hydrogen (secondary N) is 1. The van der Waals surface area contributed by atoms with Crippen LogP contribution in [0.3, 0.4) is 0 Å². The summed E-state index contributed by atoms with van der Waals surface area (Å²) in [4.78, 5) is 13.1. The molecule has 1 aromatic carbocycles. The predicted molar refractivity (Wildman–Crippen MR) is 107 cm³/mol. The lowest BCUT2D eigenvalue weighted by molar-refractivity contribution is 0.0942. The normalized spacial score (nSPS) is 12.2. The first-order valence-corrected chi connectivity index (χ1v) is 9.72. The van der Waals surface area contributed by atoms with E-state index in [2.05, 4.69) is 10.4 Å². The van der Waals surface area contributed by atoms with Gasteiger partial charge in [0.15, 0.2) is 0 Å². The highest BCUT2D eigenvalue weighted by Crippen LogP contribution is 2.37. The van der Waals surface area contributed by atoms with Gasteiger partial charge in [0.2, 0.25) is 0 Å². The summed E-state index contributed by atoms with van der Waals surface area (Å²) in [6.45, 7) is 1.99. The second-order valence-electron chi connectivity index (χ2n) is 6.44. The molecule has 0 aliphatic carbocycles. The number of carbonyl (C=O) groups excluding carboxylic acids is 1. The van der Waals surface area contributed by atoms with Crippen molar-refractivity contribution < 1.29 is 13.6 Å². The molecule has 148 valence electrons. The van der Waals surface area contributed by atoms with E-state index in [9.17, 15) is 13.6 Å². The van der Waals surface area contributed by atoms with Crippen molar-refractivity contribution in [3.8, 4) is 11.3 Å². The van der Waals surface area contributed by atoms with E-state index in [1.807, 2.05) is 6.92 Å². The monoisotopic (exact) mass is 424 g/mol. The van der Waals surface area contributed by atoms with Crippen LogP contribution in [0.2, 0.25) is 4.34 Å². The van der Waals surface area contributed by atoms with Crippen LogP contribution in [0.15, 0.2) is 30.5 Å². The average molecular weight is 425 g/mol. The summed E-state index contributed by atoms with van der Waals surface area (Å²) in [7, 11) is 1.80. The molecule has 3 aromatic rings. The van der Waals surface area contributed by atoms with Crippen molar-refractivity contribution >= 4 is 28.8 Å². The highest BCUT2D eigenvalue weighted by Gasteiger charge is 2.21. The maximum atomic E-state index is 13.9. The van der Waals surface area contributed by atoms with E-state index in [0.29, 0.717) is 9.21 Å². The third-order valence-electron chi connectivity index (χ3n) is 4.38. The van der Waals surface area contributed by atoms with Gasteiger partial charge >= 0.3 is 0 Å². The molecule has 0 spiro atoms. The number of hydrogen-bond acceptors (Lipinski definition) is 4. The zero-order valence-corrected chi connectivity index (χ0v) is 16.9. The Bertz CT molecular complexity index is 998. The number of nitrogens with zero attached hydrogens (tertiary/aromatic N) is 2. The third kappa shape index (κ3) is 4.24. The van der Waals surface area contributed by atoms with Crippen molar-refractivity contribution in [3.63, 3.8) is 0 Å². The second-order valence-corrected chi connectivity index (χ2v) is 8.10. The molecule has 1 atom stereocenters. The Morgan fingerprint density at radius 2 is 2.14 bits per heavy atom. The van der Waals surface area contributed by atoms with E-state index in [1.165, 1.54) is 0 Å². The molecule has 28 heavy (non-hydrogen) atoms. The van der Waals surface area contributed by atoms with Gasteiger partial charge in [-0.1, -0.05) is 11.6 Å². The van der Waals surface area contributed by atoms with Crippen LogP contribution in [-0.4, -0.2) is 28.3 Å². The van der Waals surface area contributed by atoms with Crippen molar-refractivity contribution in [2.24, 2.45) is 12.8 Å². The minimum Gasteiger partial charge on any atom is -0.347 e. The molecule has 0 fully saturated rings. The van der Waals surface area contributed by atoms with Crippen LogP contribution in [-0.2, 0) is 13.5 Å². The molecule has 0 saturated carbocycles. The van der Waals surface area contributed by atoms with Gasteiger partial charge in [-0.05, 0) is 48.7 Å². The highest BCUT2D eigenvalue weighted by atomic mass is 35.5. The minimum atomic E-state index is -0.549. The molecule has 2 heterocycles. The molecule has 0 bridgehead atoms. The van der Waals surface area contributed by atoms with E-state index in [1.54, 1.807) is 24.0 Å². The zero-order valence-electron chi connectivity index (χ0n) is 15.3. The molecule has 3 rings (SSSR count). The fourth-order valence-corrected chi connectivity index (χ4v) is 4.17. The molecule has 3 N–H and O–H groups in total. The molecule has 0 radical (unpaired) electrons. The summed E-state index contributed by atoms with van der Waals surface area (Å²) in [6, 6.07) is 4.36. The Hall–Kier alpha value is -2.29. The van der Waals surface area contributed by atoms with Gasteiger partial charge in [0.1, 0.15) is 16.0 Å². The number of aryl methyl sites for hydroxylation is 2. The maximum Gasteiger partial charge on any atom is 0.261 e. The Kier molecular flexibility index (Phi) is 6.12. The summed E-state index contributed by atoms with van der Waals surface area (Å²) in [5.41, 5.74) is 8.37. The van der Waals surface area contributed by atoms with Crippen molar-refractivity contribution in [3.05, 3.63) is 62.4 Å². The van der Waals surface area contributed by atoms with Crippen molar-refractivity contribution in [1.29, 1.82) is 0 Å². The van der Waals surface area contributed by atoms with Crippen LogP contribution in [0.1, 0.15) is 20.8 Å². The first-order valence-electron chi connectivity index (χ1n) is 8.53. The van der Waals surface area contributed by atoms with Gasteiger partial charge in [0, 0.05) is 25.2 Å². The number of halogens is 3. The first-order chi connectivity index (χ1) is 13.3. The lowest BCUT2D eigenvalue weighted by Gasteiger charge is -2.17. The van der Waals surface area contributed by atoms with Crippen LogP contribution in [0.5, 0.6) is 0 Å². The Balaban J connectivity index is 1.78. The molecule has 0 saturated heterocycles. The highest BCUT2D eigenvalue weighted by molar-refractivity contribution is 7.18. The molecule has 0 aliphatic rings. The Labute approximate surface area is 170 Å². The molecule has 5 nitrogen and oxygen atoms in total. The molecule has 2 aromatic heterocycles. The summed E-state index contributed by atoms with van der Waals surface area (Å²) < 4.78 is 29.4. The number of thiophene rings is 1. The van der Waals surface area contributed by atoms with E-state index in [0.717, 1.165) is 46.4 Å². The van der Waals surface area contributed by atoms with Crippen molar-refractivity contribution in [1.82, 2.24) is 15.1 Å². The number of hydrogen-bond donors (Lipinski definition) is 2. The lowest BCUT2D eigenvalue weighted by atomic mass is 10.0. The van der Waals surface area contributed by atoms with Gasteiger partial charge in [0.05, 0.1) is 16.8 Å². The number of nitrogens with two attached hydrogens (primary N) is 1. The SMILES string of the molecule is Cc1cnn(C)c1-c1cc(C(=O)N[C@H](CN)Cc2cc(F)ccc2F)sc1Cl. The number of benzene rings is 1. The lowest BCUT2D eigenvalue weighted by Crippen LogP contribution is -2.41. The van der Waals surface area contributed by atoms with Gasteiger partial charge in [0.25, 0.3) is 5.91 Å². The van der Waals surface area contributed by atoms with Crippen molar-refractivity contribution in [2.75, 3.05) is 6.54 Å². The molecular formula is C19H19ClF2N4OS. The minimum absolute atomic E-state index is 0.0779. The standard InChI is InChI=1S/C19H19ClF2N4OS/c1-10-9-24-26(2)17(10)14-7-16(28-18(14)20)19(27)25-13(8-23)6-11-5-12(21)3-4-15(11)22/h3-5,7,9,13H,6,8,23H2,1-2H3,(H,25,27)/t13-/m0/s1. The molecular weight excluding hydrogens is 406 g/mol. The average Bonchev–Trinajstić information content (AvgIpc) is 3.19. The summed E-state index contributed by atoms with van der Waals surface area (Å²) in [6.07, 6.45) is 1.81. The van der Waals surface area contributed by atoms with Crippen molar-refractivity contribution in [2.45, 2.75) is 19.4 Å². The largest absolute Gasteiger partial charge is 0.347 e. The van der Waals surface area contributed by atoms with Crippen LogP contribution < -0.4 is 11.1 Å². The fourth-order valence-electron chi connectivity index (χ4n) is 2.99. The topological polar surface area (TPSA) is 72.9 Å². The predicted octanol–water partition coefficient (Wildman–Crippen LogP) is 3.69. The molecule has 9 heteroatoms. The maximum absolute atomic E-state index is 13.9. The number of amides is 1. The number of rotatable bonds is 6. The molecule has 0 aliphatic heterocycles. The summed E-state index contributed by atoms with van der Waals surface area (Å²) in [5, 5.41) is 6.96. The number of carbonyl (C=O) groups is 1. The first kappa shape index (κ1) is 20.4. The molecule has 1 amide bonds. The van der Waals surface area contributed by atoms with Crippen LogP contribution in [0, 0.1) is 18.6 Å². The Morgan fingerprint density at radius 1 is 1.39 bits per heavy atom. The van der Waals surface area contributed by atoms with Gasteiger partial charge in [-0.15, -0.1) is 11.3 Å². The van der Waals surface area contributed by atoms with Gasteiger partial charge in [-0.3, -0.25) is 9.48 Å². The van der Waals surface area contributed by atoms with E-state index >= 15 is 0 Å². The van der Waals surface area contributed by atoms with E-state index in [4.69, 9.17) is 17.3 Å². The summed E-state index contributed by atoms with van der Waals surface area (Å²) in [5.74, 6) is -1.45. The van der Waals surface area contributed by atoms with E-state index < -0.39 is 17.7 Å². The van der Waals surface area contributed by atoms with Gasteiger partial charge < -0.3 is 11.1 Å². The number of aromatic nitrogens is 2. The quantitative estimate of drug-likeness (QED) is 0.633. The van der Waals surface area contributed by atoms with Crippen LogP contribution >= 0.6 is 22.9 Å². The molecule has 0 unspecified atom stereocenters. The second kappa shape index (κ2) is 8.38. The fraction of sp³-hybridized carbons (Fsp3) is 0.263.